The minimum atomic E-state index is 0.514. The lowest BCUT2D eigenvalue weighted by molar-refractivity contribution is 0.425. The summed E-state index contributed by atoms with van der Waals surface area (Å²) in [6.07, 6.45) is 0. The van der Waals surface area contributed by atoms with Crippen molar-refractivity contribution in [3.63, 3.8) is 0 Å². The van der Waals surface area contributed by atoms with Crippen LogP contribution in [0.3, 0.4) is 0 Å². The third-order valence-corrected chi connectivity index (χ3v) is 3.45. The first-order valence-electron chi connectivity index (χ1n) is 4.55. The molecule has 0 unspecified atom stereocenters. The second-order valence-electron chi connectivity index (χ2n) is 2.85. The topological polar surface area (TPSA) is 64.9 Å². The van der Waals surface area contributed by atoms with E-state index in [4.69, 9.17) is 10.3 Å². The molecule has 0 atom stereocenters. The summed E-state index contributed by atoms with van der Waals surface area (Å²) in [5, 5.41) is 6.52. The van der Waals surface area contributed by atoms with E-state index < -0.39 is 0 Å². The number of aromatic nitrogens is 2. The van der Waals surface area contributed by atoms with Crippen molar-refractivity contribution in [2.75, 3.05) is 11.5 Å². The molecule has 2 rings (SSSR count). The highest BCUT2D eigenvalue weighted by Crippen LogP contribution is 2.29. The molecule has 0 aliphatic rings. The summed E-state index contributed by atoms with van der Waals surface area (Å²) in [7, 11) is 0. The summed E-state index contributed by atoms with van der Waals surface area (Å²) in [6, 6.07) is 1.89. The SMILES string of the molecule is CCSCc1noc(-c2ccsc2N)n1. The molecular weight excluding hydrogens is 230 g/mol. The zero-order chi connectivity index (χ0) is 10.7. The number of hydrogen-bond donors (Lipinski definition) is 1. The molecule has 0 radical (unpaired) electrons. The van der Waals surface area contributed by atoms with Crippen LogP contribution in [-0.2, 0) is 5.75 Å². The van der Waals surface area contributed by atoms with Gasteiger partial charge in [-0.3, -0.25) is 0 Å². The Morgan fingerprint density at radius 1 is 1.60 bits per heavy atom. The molecular formula is C9H11N3OS2. The first kappa shape index (κ1) is 10.5. The van der Waals surface area contributed by atoms with Gasteiger partial charge in [0.2, 0.25) is 0 Å². The van der Waals surface area contributed by atoms with Crippen LogP contribution < -0.4 is 5.73 Å². The summed E-state index contributed by atoms with van der Waals surface area (Å²) < 4.78 is 5.14. The van der Waals surface area contributed by atoms with Crippen LogP contribution in [-0.4, -0.2) is 15.9 Å². The Morgan fingerprint density at radius 3 is 3.13 bits per heavy atom. The smallest absolute Gasteiger partial charge is 0.260 e. The van der Waals surface area contributed by atoms with Gasteiger partial charge in [0.05, 0.1) is 16.3 Å². The van der Waals surface area contributed by atoms with Crippen LogP contribution in [0.4, 0.5) is 5.00 Å². The number of nitrogens with zero attached hydrogens (tertiary/aromatic N) is 2. The van der Waals surface area contributed by atoms with Crippen molar-refractivity contribution >= 4 is 28.1 Å². The summed E-state index contributed by atoms with van der Waals surface area (Å²) >= 11 is 3.23. The number of nitrogens with two attached hydrogens (primary N) is 1. The van der Waals surface area contributed by atoms with Gasteiger partial charge >= 0.3 is 0 Å². The van der Waals surface area contributed by atoms with Gasteiger partial charge in [0.15, 0.2) is 5.82 Å². The second-order valence-corrected chi connectivity index (χ2v) is 5.07. The molecule has 0 fully saturated rings. The molecule has 0 aliphatic carbocycles. The fraction of sp³-hybridized carbons (Fsp3) is 0.333. The van der Waals surface area contributed by atoms with Crippen LogP contribution in [0.5, 0.6) is 0 Å². The van der Waals surface area contributed by atoms with Gasteiger partial charge in [0.1, 0.15) is 0 Å². The molecule has 6 heteroatoms. The van der Waals surface area contributed by atoms with Crippen molar-refractivity contribution in [3.05, 3.63) is 17.3 Å². The van der Waals surface area contributed by atoms with Gasteiger partial charge in [-0.15, -0.1) is 11.3 Å². The van der Waals surface area contributed by atoms with Crippen molar-refractivity contribution in [2.24, 2.45) is 0 Å². The van der Waals surface area contributed by atoms with Crippen molar-refractivity contribution < 1.29 is 4.52 Å². The number of thiophene rings is 1. The second kappa shape index (κ2) is 4.67. The molecule has 4 nitrogen and oxygen atoms in total. The predicted molar refractivity (Wildman–Crippen MR) is 63.9 cm³/mol. The monoisotopic (exact) mass is 241 g/mol. The molecule has 0 aromatic carbocycles. The van der Waals surface area contributed by atoms with Crippen LogP contribution >= 0.6 is 23.1 Å². The van der Waals surface area contributed by atoms with Crippen molar-refractivity contribution in [2.45, 2.75) is 12.7 Å². The van der Waals surface area contributed by atoms with Gasteiger partial charge in [0, 0.05) is 0 Å². The van der Waals surface area contributed by atoms with Gasteiger partial charge < -0.3 is 10.3 Å². The van der Waals surface area contributed by atoms with Crippen molar-refractivity contribution in [1.29, 1.82) is 0 Å². The maximum atomic E-state index is 5.77. The number of rotatable bonds is 4. The Labute approximate surface area is 95.9 Å². The third-order valence-electron chi connectivity index (χ3n) is 1.83. The van der Waals surface area contributed by atoms with Crippen molar-refractivity contribution in [1.82, 2.24) is 10.1 Å². The highest BCUT2D eigenvalue weighted by Gasteiger charge is 2.12. The van der Waals surface area contributed by atoms with Crippen LogP contribution in [0.2, 0.25) is 0 Å². The van der Waals surface area contributed by atoms with E-state index >= 15 is 0 Å². The molecule has 0 saturated carbocycles. The minimum Gasteiger partial charge on any atom is -0.390 e. The highest BCUT2D eigenvalue weighted by molar-refractivity contribution is 7.98. The Kier molecular flexibility index (Phi) is 3.27. The van der Waals surface area contributed by atoms with E-state index in [0.29, 0.717) is 10.9 Å². The summed E-state index contributed by atoms with van der Waals surface area (Å²) in [4.78, 5) is 4.28. The quantitative estimate of drug-likeness (QED) is 0.891. The molecule has 2 aromatic rings. The summed E-state index contributed by atoms with van der Waals surface area (Å²) in [6.45, 7) is 2.10. The van der Waals surface area contributed by atoms with Gasteiger partial charge in [-0.05, 0) is 17.2 Å². The van der Waals surface area contributed by atoms with Crippen LogP contribution in [0.1, 0.15) is 12.7 Å². The maximum absolute atomic E-state index is 5.77. The lowest BCUT2D eigenvalue weighted by atomic mass is 10.3. The van der Waals surface area contributed by atoms with E-state index in [1.54, 1.807) is 11.8 Å². The van der Waals surface area contributed by atoms with Gasteiger partial charge in [-0.25, -0.2) is 0 Å². The molecule has 2 N–H and O–H groups in total. The standard InChI is InChI=1S/C9H11N3OS2/c1-2-14-5-7-11-9(13-12-7)6-3-4-15-8(6)10/h3-4H,2,5,10H2,1H3. The fourth-order valence-corrected chi connectivity index (χ4v) is 2.25. The van der Waals surface area contributed by atoms with Crippen LogP contribution in [0, 0.1) is 0 Å². The Bertz CT molecular complexity index is 438. The average Bonchev–Trinajstić information content (AvgIpc) is 2.83. The molecule has 0 spiro atoms. The third kappa shape index (κ3) is 2.32. The maximum Gasteiger partial charge on any atom is 0.260 e. The van der Waals surface area contributed by atoms with E-state index in [-0.39, 0.29) is 0 Å². The summed E-state index contributed by atoms with van der Waals surface area (Å²) in [5.74, 6) is 3.07. The molecule has 15 heavy (non-hydrogen) atoms. The van der Waals surface area contributed by atoms with E-state index in [1.807, 2.05) is 11.4 Å². The van der Waals surface area contributed by atoms with Crippen LogP contribution in [0.15, 0.2) is 16.0 Å². The van der Waals surface area contributed by atoms with Gasteiger partial charge in [-0.1, -0.05) is 12.1 Å². The Morgan fingerprint density at radius 2 is 2.47 bits per heavy atom. The number of hydrogen-bond acceptors (Lipinski definition) is 6. The van der Waals surface area contributed by atoms with Crippen LogP contribution in [0.25, 0.3) is 11.5 Å². The molecule has 0 amide bonds. The zero-order valence-corrected chi connectivity index (χ0v) is 9.90. The first-order chi connectivity index (χ1) is 7.31. The molecule has 0 aliphatic heterocycles. The molecule has 0 bridgehead atoms. The zero-order valence-electron chi connectivity index (χ0n) is 8.27. The molecule has 2 heterocycles. The average molecular weight is 241 g/mol. The van der Waals surface area contributed by atoms with E-state index in [2.05, 4.69) is 17.1 Å². The number of nitrogen functional groups attached to an aromatic ring is 1. The van der Waals surface area contributed by atoms with Gasteiger partial charge in [0.25, 0.3) is 5.89 Å². The molecule has 2 aromatic heterocycles. The summed E-state index contributed by atoms with van der Waals surface area (Å²) in [5.41, 5.74) is 6.60. The van der Waals surface area contributed by atoms with E-state index in [1.165, 1.54) is 11.3 Å². The van der Waals surface area contributed by atoms with Gasteiger partial charge in [-0.2, -0.15) is 16.7 Å². The molecule has 80 valence electrons. The van der Waals surface area contributed by atoms with E-state index in [0.717, 1.165) is 22.9 Å². The Balaban J connectivity index is 2.17. The fourth-order valence-electron chi connectivity index (χ4n) is 1.11. The Hall–Kier alpha value is -1.01. The minimum absolute atomic E-state index is 0.514. The molecule has 0 saturated heterocycles. The number of thioether (sulfide) groups is 1. The lowest BCUT2D eigenvalue weighted by Crippen LogP contribution is -1.85. The largest absolute Gasteiger partial charge is 0.390 e. The van der Waals surface area contributed by atoms with E-state index in [9.17, 15) is 0 Å². The number of anilines is 1. The highest BCUT2D eigenvalue weighted by atomic mass is 32.2. The lowest BCUT2D eigenvalue weighted by Gasteiger charge is -1.90. The predicted octanol–water partition coefficient (Wildman–Crippen LogP) is 2.63. The normalized spacial score (nSPS) is 10.7. The van der Waals surface area contributed by atoms with Crippen molar-refractivity contribution in [3.8, 4) is 11.5 Å². The first-order valence-corrected chi connectivity index (χ1v) is 6.58.